The SMILES string of the molecule is Cc1[c]ccc(Cc2cccc3ccccc23)c1Cc1cccc2ccccc12. The quantitative estimate of drug-likeness (QED) is 0.311. The number of hydrogen-bond acceptors (Lipinski definition) is 0. The summed E-state index contributed by atoms with van der Waals surface area (Å²) in [5.41, 5.74) is 6.80. The minimum absolute atomic E-state index is 0.935. The first-order valence-corrected chi connectivity index (χ1v) is 10.2. The monoisotopic (exact) mass is 371 g/mol. The van der Waals surface area contributed by atoms with E-state index in [4.69, 9.17) is 0 Å². The van der Waals surface area contributed by atoms with Crippen LogP contribution in [0.1, 0.15) is 27.8 Å². The van der Waals surface area contributed by atoms with Crippen molar-refractivity contribution in [1.82, 2.24) is 0 Å². The molecule has 5 aromatic rings. The lowest BCUT2D eigenvalue weighted by Crippen LogP contribution is -2.01. The fraction of sp³-hybridized carbons (Fsp3) is 0.103. The van der Waals surface area contributed by atoms with Gasteiger partial charge >= 0.3 is 0 Å². The second kappa shape index (κ2) is 7.56. The zero-order valence-corrected chi connectivity index (χ0v) is 16.7. The van der Waals surface area contributed by atoms with Crippen molar-refractivity contribution in [3.05, 3.63) is 131 Å². The van der Waals surface area contributed by atoms with Crippen LogP contribution in [0.5, 0.6) is 0 Å². The van der Waals surface area contributed by atoms with Crippen molar-refractivity contribution >= 4 is 21.5 Å². The first kappa shape index (κ1) is 17.7. The van der Waals surface area contributed by atoms with E-state index in [2.05, 4.69) is 110 Å². The van der Waals surface area contributed by atoms with Crippen molar-refractivity contribution in [2.45, 2.75) is 19.8 Å². The van der Waals surface area contributed by atoms with Gasteiger partial charge in [0, 0.05) is 0 Å². The van der Waals surface area contributed by atoms with Gasteiger partial charge in [-0.2, -0.15) is 0 Å². The highest BCUT2D eigenvalue weighted by Gasteiger charge is 2.11. The molecular weight excluding hydrogens is 348 g/mol. The van der Waals surface area contributed by atoms with Crippen LogP contribution in [-0.2, 0) is 12.8 Å². The number of rotatable bonds is 4. The minimum Gasteiger partial charge on any atom is -0.0616 e. The molecule has 0 unspecified atom stereocenters. The summed E-state index contributed by atoms with van der Waals surface area (Å²) in [4.78, 5) is 0. The van der Waals surface area contributed by atoms with E-state index in [1.807, 2.05) is 0 Å². The van der Waals surface area contributed by atoms with E-state index in [0.717, 1.165) is 12.8 Å². The fourth-order valence-electron chi connectivity index (χ4n) is 4.40. The molecule has 5 aromatic carbocycles. The molecule has 5 rings (SSSR count). The molecule has 0 bridgehead atoms. The normalized spacial score (nSPS) is 11.2. The largest absolute Gasteiger partial charge is 0.0616 e. The van der Waals surface area contributed by atoms with E-state index in [-0.39, 0.29) is 0 Å². The minimum atomic E-state index is 0.935. The second-order valence-corrected chi connectivity index (χ2v) is 7.74. The summed E-state index contributed by atoms with van der Waals surface area (Å²) in [6.45, 7) is 2.19. The Morgan fingerprint density at radius 2 is 1.10 bits per heavy atom. The van der Waals surface area contributed by atoms with E-state index < -0.39 is 0 Å². The van der Waals surface area contributed by atoms with Gasteiger partial charge in [-0.25, -0.2) is 0 Å². The summed E-state index contributed by atoms with van der Waals surface area (Å²) in [5, 5.41) is 5.30. The first-order valence-electron chi connectivity index (χ1n) is 10.2. The standard InChI is InChI=1S/C29H23/c1-21-9-6-14-25(19-24-15-7-12-22-10-2-4-17-27(22)24)29(21)20-26-16-8-13-23-11-3-5-18-28(23)26/h2-8,10-18H,19-20H2,1H3. The molecule has 0 nitrogen and oxygen atoms in total. The Morgan fingerprint density at radius 1 is 0.552 bits per heavy atom. The topological polar surface area (TPSA) is 0 Å². The molecule has 1 radical (unpaired) electrons. The molecule has 0 saturated heterocycles. The third-order valence-corrected chi connectivity index (χ3v) is 5.93. The Hall–Kier alpha value is -3.38. The van der Waals surface area contributed by atoms with Crippen LogP contribution in [0.25, 0.3) is 21.5 Å². The van der Waals surface area contributed by atoms with Gasteiger partial charge in [0.15, 0.2) is 0 Å². The van der Waals surface area contributed by atoms with E-state index in [1.54, 1.807) is 0 Å². The van der Waals surface area contributed by atoms with Gasteiger partial charge in [0.1, 0.15) is 0 Å². The smallest absolute Gasteiger partial charge is 0.00139 e. The molecule has 0 N–H and O–H groups in total. The van der Waals surface area contributed by atoms with Crippen LogP contribution in [0.3, 0.4) is 0 Å². The van der Waals surface area contributed by atoms with Gasteiger partial charge in [0.25, 0.3) is 0 Å². The van der Waals surface area contributed by atoms with Gasteiger partial charge in [-0.15, -0.1) is 0 Å². The molecule has 0 aliphatic rings. The first-order chi connectivity index (χ1) is 14.3. The summed E-state index contributed by atoms with van der Waals surface area (Å²) in [6, 6.07) is 38.3. The van der Waals surface area contributed by atoms with Crippen LogP contribution in [-0.4, -0.2) is 0 Å². The molecule has 0 heterocycles. The highest BCUT2D eigenvalue weighted by Crippen LogP contribution is 2.27. The Kier molecular flexibility index (Phi) is 4.62. The Balaban J connectivity index is 1.58. The lowest BCUT2D eigenvalue weighted by Gasteiger charge is -2.15. The lowest BCUT2D eigenvalue weighted by molar-refractivity contribution is 1.08. The summed E-state index contributed by atoms with van der Waals surface area (Å²) >= 11 is 0. The lowest BCUT2D eigenvalue weighted by atomic mass is 9.89. The van der Waals surface area contributed by atoms with Crippen LogP contribution >= 0.6 is 0 Å². The van der Waals surface area contributed by atoms with E-state index in [1.165, 1.54) is 49.4 Å². The molecule has 0 aromatic heterocycles. The van der Waals surface area contributed by atoms with Gasteiger partial charge in [-0.1, -0.05) is 97.1 Å². The van der Waals surface area contributed by atoms with Crippen LogP contribution in [0.4, 0.5) is 0 Å². The average molecular weight is 372 g/mol. The average Bonchev–Trinajstić information content (AvgIpc) is 2.76. The van der Waals surface area contributed by atoms with Crippen molar-refractivity contribution in [3.63, 3.8) is 0 Å². The highest BCUT2D eigenvalue weighted by atomic mass is 14.2. The predicted octanol–water partition coefficient (Wildman–Crippen LogP) is 7.28. The molecule has 139 valence electrons. The molecule has 0 aliphatic carbocycles. The second-order valence-electron chi connectivity index (χ2n) is 7.74. The van der Waals surface area contributed by atoms with Crippen molar-refractivity contribution in [3.8, 4) is 0 Å². The molecular formula is C29H23. The van der Waals surface area contributed by atoms with Crippen LogP contribution < -0.4 is 0 Å². The molecule has 0 saturated carbocycles. The Bertz CT molecular complexity index is 1300. The predicted molar refractivity (Wildman–Crippen MR) is 124 cm³/mol. The van der Waals surface area contributed by atoms with Crippen molar-refractivity contribution in [2.24, 2.45) is 0 Å². The maximum absolute atomic E-state index is 3.43. The zero-order valence-electron chi connectivity index (χ0n) is 16.7. The third-order valence-electron chi connectivity index (χ3n) is 5.93. The van der Waals surface area contributed by atoms with Crippen molar-refractivity contribution < 1.29 is 0 Å². The van der Waals surface area contributed by atoms with Gasteiger partial charge in [-0.05, 0) is 75.2 Å². The van der Waals surface area contributed by atoms with Gasteiger partial charge in [0.2, 0.25) is 0 Å². The zero-order chi connectivity index (χ0) is 19.6. The van der Waals surface area contributed by atoms with Crippen molar-refractivity contribution in [1.29, 1.82) is 0 Å². The number of benzene rings is 5. The summed E-state index contributed by atoms with van der Waals surface area (Å²) in [5.74, 6) is 0. The Morgan fingerprint density at radius 3 is 1.76 bits per heavy atom. The van der Waals surface area contributed by atoms with Gasteiger partial charge in [-0.3, -0.25) is 0 Å². The molecule has 29 heavy (non-hydrogen) atoms. The molecule has 0 fully saturated rings. The summed E-state index contributed by atoms with van der Waals surface area (Å²) < 4.78 is 0. The number of aryl methyl sites for hydroxylation is 1. The maximum Gasteiger partial charge on any atom is -0.00139 e. The molecule has 0 amide bonds. The van der Waals surface area contributed by atoms with Gasteiger partial charge in [0.05, 0.1) is 0 Å². The van der Waals surface area contributed by atoms with Crippen LogP contribution in [0.2, 0.25) is 0 Å². The molecule has 0 aliphatic heterocycles. The van der Waals surface area contributed by atoms with E-state index in [9.17, 15) is 0 Å². The maximum atomic E-state index is 3.43. The Labute approximate surface area is 172 Å². The molecule has 0 heteroatoms. The summed E-state index contributed by atoms with van der Waals surface area (Å²) in [6.07, 6.45) is 1.88. The summed E-state index contributed by atoms with van der Waals surface area (Å²) in [7, 11) is 0. The third kappa shape index (κ3) is 3.43. The van der Waals surface area contributed by atoms with Crippen molar-refractivity contribution in [2.75, 3.05) is 0 Å². The van der Waals surface area contributed by atoms with Crippen LogP contribution in [0, 0.1) is 13.0 Å². The fourth-order valence-corrected chi connectivity index (χ4v) is 4.40. The molecule has 0 atom stereocenters. The number of fused-ring (bicyclic) bond motifs is 2. The number of hydrogen-bond donors (Lipinski definition) is 0. The van der Waals surface area contributed by atoms with E-state index in [0.29, 0.717) is 0 Å². The van der Waals surface area contributed by atoms with Crippen LogP contribution in [0.15, 0.2) is 97.1 Å². The van der Waals surface area contributed by atoms with E-state index >= 15 is 0 Å². The highest BCUT2D eigenvalue weighted by molar-refractivity contribution is 5.87. The molecule has 0 spiro atoms. The van der Waals surface area contributed by atoms with Gasteiger partial charge < -0.3 is 0 Å².